The molecule has 0 spiro atoms. The number of benzene rings is 1. The van der Waals surface area contributed by atoms with Crippen molar-refractivity contribution in [2.24, 2.45) is 11.7 Å². The highest BCUT2D eigenvalue weighted by Gasteiger charge is 2.15. The first-order valence-corrected chi connectivity index (χ1v) is 6.83. The van der Waals surface area contributed by atoms with E-state index in [1.165, 1.54) is 19.3 Å². The fourth-order valence-corrected chi connectivity index (χ4v) is 2.59. The van der Waals surface area contributed by atoms with Crippen LogP contribution in [0.4, 0.5) is 10.1 Å². The first-order chi connectivity index (χ1) is 8.58. The van der Waals surface area contributed by atoms with Gasteiger partial charge >= 0.3 is 0 Å². The van der Waals surface area contributed by atoms with Crippen LogP contribution in [0.1, 0.15) is 31.7 Å². The lowest BCUT2D eigenvalue weighted by atomic mass is 10.0. The predicted molar refractivity (Wildman–Crippen MR) is 77.5 cm³/mol. The minimum atomic E-state index is -0.322. The van der Waals surface area contributed by atoms with Gasteiger partial charge in [0, 0.05) is 24.3 Å². The molecule has 18 heavy (non-hydrogen) atoms. The molecule has 1 saturated heterocycles. The first-order valence-electron chi connectivity index (χ1n) is 6.42. The summed E-state index contributed by atoms with van der Waals surface area (Å²) < 4.78 is 13.8. The Kier molecular flexibility index (Phi) is 4.17. The summed E-state index contributed by atoms with van der Waals surface area (Å²) in [7, 11) is 0. The molecule has 1 aromatic carbocycles. The molecule has 0 aliphatic carbocycles. The van der Waals surface area contributed by atoms with Gasteiger partial charge < -0.3 is 10.6 Å². The number of halogens is 1. The molecule has 1 aliphatic heterocycles. The largest absolute Gasteiger partial charge is 0.389 e. The van der Waals surface area contributed by atoms with Crippen molar-refractivity contribution in [1.82, 2.24) is 0 Å². The van der Waals surface area contributed by atoms with E-state index < -0.39 is 0 Å². The highest BCUT2D eigenvalue weighted by molar-refractivity contribution is 7.80. The quantitative estimate of drug-likeness (QED) is 0.834. The van der Waals surface area contributed by atoms with Crippen LogP contribution in [0.15, 0.2) is 18.2 Å². The van der Waals surface area contributed by atoms with Gasteiger partial charge in [0.1, 0.15) is 10.8 Å². The molecule has 1 unspecified atom stereocenters. The summed E-state index contributed by atoms with van der Waals surface area (Å²) in [5.41, 5.74) is 6.73. The number of hydrogen-bond acceptors (Lipinski definition) is 2. The number of hydrogen-bond donors (Lipinski definition) is 1. The highest BCUT2D eigenvalue weighted by atomic mass is 32.1. The maximum atomic E-state index is 13.8. The second-order valence-corrected chi connectivity index (χ2v) is 5.49. The van der Waals surface area contributed by atoms with Crippen molar-refractivity contribution < 1.29 is 4.39 Å². The van der Waals surface area contributed by atoms with Gasteiger partial charge in [0.25, 0.3) is 0 Å². The number of nitrogens with zero attached hydrogens (tertiary/aromatic N) is 1. The summed E-state index contributed by atoms with van der Waals surface area (Å²) in [4.78, 5) is 2.36. The van der Waals surface area contributed by atoms with Gasteiger partial charge in [-0.05, 0) is 43.4 Å². The van der Waals surface area contributed by atoms with Gasteiger partial charge in [0.2, 0.25) is 0 Å². The van der Waals surface area contributed by atoms with Gasteiger partial charge in [-0.2, -0.15) is 0 Å². The molecule has 0 saturated carbocycles. The van der Waals surface area contributed by atoms with E-state index in [9.17, 15) is 4.39 Å². The average Bonchev–Trinajstić information content (AvgIpc) is 2.53. The lowest BCUT2D eigenvalue weighted by Crippen LogP contribution is -2.24. The van der Waals surface area contributed by atoms with Gasteiger partial charge in [0.15, 0.2) is 0 Å². The third kappa shape index (κ3) is 2.99. The Morgan fingerprint density at radius 2 is 2.17 bits per heavy atom. The van der Waals surface area contributed by atoms with E-state index in [1.807, 2.05) is 6.07 Å². The van der Waals surface area contributed by atoms with Crippen LogP contribution < -0.4 is 10.6 Å². The summed E-state index contributed by atoms with van der Waals surface area (Å²) in [6.45, 7) is 4.27. The molecule has 0 amide bonds. The van der Waals surface area contributed by atoms with Crippen LogP contribution in [0.5, 0.6) is 0 Å². The van der Waals surface area contributed by atoms with Gasteiger partial charge in [-0.15, -0.1) is 0 Å². The van der Waals surface area contributed by atoms with Gasteiger partial charge in [-0.1, -0.05) is 19.1 Å². The van der Waals surface area contributed by atoms with Crippen LogP contribution in [0, 0.1) is 11.7 Å². The zero-order valence-electron chi connectivity index (χ0n) is 10.7. The minimum absolute atomic E-state index is 0.114. The van der Waals surface area contributed by atoms with Gasteiger partial charge in [-0.3, -0.25) is 0 Å². The monoisotopic (exact) mass is 266 g/mol. The Hall–Kier alpha value is -1.16. The lowest BCUT2D eigenvalue weighted by molar-refractivity contribution is 0.521. The molecule has 1 aliphatic rings. The zero-order valence-corrected chi connectivity index (χ0v) is 11.5. The fourth-order valence-electron chi connectivity index (χ4n) is 2.42. The van der Waals surface area contributed by atoms with Crippen LogP contribution in [0.3, 0.4) is 0 Å². The van der Waals surface area contributed by atoms with Crippen molar-refractivity contribution in [3.05, 3.63) is 29.6 Å². The Morgan fingerprint density at radius 3 is 2.83 bits per heavy atom. The lowest BCUT2D eigenvalue weighted by Gasteiger charge is -2.23. The second kappa shape index (κ2) is 5.65. The van der Waals surface area contributed by atoms with Crippen molar-refractivity contribution in [2.45, 2.75) is 26.2 Å². The third-order valence-electron chi connectivity index (χ3n) is 3.60. The predicted octanol–water partition coefficient (Wildman–Crippen LogP) is 3.09. The Labute approximate surface area is 113 Å². The van der Waals surface area contributed by atoms with Gasteiger partial charge in [-0.25, -0.2) is 4.39 Å². The Bertz CT molecular complexity index is 447. The topological polar surface area (TPSA) is 29.3 Å². The van der Waals surface area contributed by atoms with E-state index in [-0.39, 0.29) is 10.8 Å². The maximum absolute atomic E-state index is 13.8. The zero-order chi connectivity index (χ0) is 13.1. The van der Waals surface area contributed by atoms with Crippen LogP contribution >= 0.6 is 12.2 Å². The van der Waals surface area contributed by atoms with E-state index in [1.54, 1.807) is 12.1 Å². The SMILES string of the molecule is CC1CCCN(c2ccc(C(N)=S)c(F)c2)CC1. The summed E-state index contributed by atoms with van der Waals surface area (Å²) in [5.74, 6) is 0.438. The molecule has 0 aromatic heterocycles. The molecule has 0 radical (unpaired) electrons. The second-order valence-electron chi connectivity index (χ2n) is 5.05. The molecular formula is C14H19FN2S. The number of thiocarbonyl (C=S) groups is 1. The minimum Gasteiger partial charge on any atom is -0.389 e. The van der Waals surface area contributed by atoms with E-state index in [2.05, 4.69) is 11.8 Å². The number of nitrogens with two attached hydrogens (primary N) is 1. The van der Waals surface area contributed by atoms with E-state index in [0.29, 0.717) is 5.56 Å². The molecule has 0 bridgehead atoms. The molecule has 1 fully saturated rings. The number of rotatable bonds is 2. The molecule has 2 N–H and O–H groups in total. The summed E-state index contributed by atoms with van der Waals surface area (Å²) in [6, 6.07) is 5.14. The van der Waals surface area contributed by atoms with Crippen molar-refractivity contribution >= 4 is 22.9 Å². The Morgan fingerprint density at radius 1 is 1.39 bits per heavy atom. The molecule has 4 heteroatoms. The smallest absolute Gasteiger partial charge is 0.135 e. The van der Waals surface area contributed by atoms with Crippen molar-refractivity contribution in [1.29, 1.82) is 0 Å². The molecule has 1 atom stereocenters. The summed E-state index contributed by atoms with van der Waals surface area (Å²) >= 11 is 4.81. The van der Waals surface area contributed by atoms with Crippen LogP contribution in [0.2, 0.25) is 0 Å². The van der Waals surface area contributed by atoms with Crippen molar-refractivity contribution in [2.75, 3.05) is 18.0 Å². The van der Waals surface area contributed by atoms with E-state index >= 15 is 0 Å². The highest BCUT2D eigenvalue weighted by Crippen LogP contribution is 2.24. The molecule has 2 rings (SSSR count). The van der Waals surface area contributed by atoms with Crippen LogP contribution in [-0.2, 0) is 0 Å². The molecular weight excluding hydrogens is 247 g/mol. The number of anilines is 1. The molecule has 2 nitrogen and oxygen atoms in total. The van der Waals surface area contributed by atoms with Crippen molar-refractivity contribution in [3.63, 3.8) is 0 Å². The molecule has 98 valence electrons. The average molecular weight is 266 g/mol. The normalized spacial score (nSPS) is 20.6. The van der Waals surface area contributed by atoms with E-state index in [0.717, 1.165) is 24.7 Å². The fraction of sp³-hybridized carbons (Fsp3) is 0.500. The summed E-state index contributed by atoms with van der Waals surface area (Å²) in [6.07, 6.45) is 3.59. The van der Waals surface area contributed by atoms with Crippen molar-refractivity contribution in [3.8, 4) is 0 Å². The van der Waals surface area contributed by atoms with Crippen LogP contribution in [0.25, 0.3) is 0 Å². The standard InChI is InChI=1S/C14H19FN2S/c1-10-3-2-7-17(8-6-10)11-4-5-12(14(16)18)13(15)9-11/h4-5,9-10H,2-3,6-8H2,1H3,(H2,16,18). The maximum Gasteiger partial charge on any atom is 0.135 e. The van der Waals surface area contributed by atoms with Crippen LogP contribution in [-0.4, -0.2) is 18.1 Å². The molecule has 1 heterocycles. The third-order valence-corrected chi connectivity index (χ3v) is 3.82. The molecule has 1 aromatic rings. The summed E-state index contributed by atoms with van der Waals surface area (Å²) in [5, 5.41) is 0. The van der Waals surface area contributed by atoms with E-state index in [4.69, 9.17) is 18.0 Å². The Balaban J connectivity index is 2.18. The first kappa shape index (κ1) is 13.3. The van der Waals surface area contributed by atoms with Gasteiger partial charge in [0.05, 0.1) is 0 Å².